The maximum absolute atomic E-state index is 8.36. The van der Waals surface area contributed by atoms with E-state index in [0.29, 0.717) is 0 Å². The molecule has 0 aromatic rings. The number of nitrogens with zero attached hydrogens (tertiary/aromatic N) is 1. The molecule has 0 bridgehead atoms. The minimum Gasteiger partial charge on any atom is -0.412 e. The van der Waals surface area contributed by atoms with Crippen molar-refractivity contribution in [2.75, 3.05) is 0 Å². The Balaban J connectivity index is -0.0000000450. The molecule has 0 aliphatic rings. The number of hydrogen-bond acceptors (Lipinski definition) is 2. The van der Waals surface area contributed by atoms with Crippen molar-refractivity contribution in [3.63, 3.8) is 0 Å². The summed E-state index contributed by atoms with van der Waals surface area (Å²) in [7, 11) is 0. The monoisotopic (exact) mass is 283 g/mol. The van der Waals surface area contributed by atoms with E-state index in [1.165, 1.54) is 0 Å². The first-order valence-electron chi connectivity index (χ1n) is 0.565. The van der Waals surface area contributed by atoms with E-state index in [0.717, 1.165) is 0 Å². The van der Waals surface area contributed by atoms with Crippen LogP contribution in [0.25, 0.3) is 0 Å². The van der Waals surface area contributed by atoms with Crippen LogP contribution in [0.3, 0.4) is 0 Å². The van der Waals surface area contributed by atoms with E-state index < -0.39 is 5.09 Å². The summed E-state index contributed by atoms with van der Waals surface area (Å²) < 4.78 is 0. The minimum absolute atomic E-state index is 0. The van der Waals surface area contributed by atoms with Gasteiger partial charge in [-0.25, -0.2) is 0 Å². The Labute approximate surface area is 53.9 Å². The predicted molar refractivity (Wildman–Crippen MR) is 12.4 cm³/mol. The molecule has 5 nitrogen and oxygen atoms in total. The molecule has 0 aromatic carbocycles. The van der Waals surface area contributed by atoms with Gasteiger partial charge in [0.1, 0.15) is 0 Å². The van der Waals surface area contributed by atoms with Crippen LogP contribution in [0.1, 0.15) is 0 Å². The fourth-order valence-corrected chi connectivity index (χ4v) is 0. The van der Waals surface area contributed by atoms with Crippen molar-refractivity contribution in [1.82, 2.24) is 0 Å². The largest absolute Gasteiger partial charge is 0.412 e. The number of hydrogen-bond donors (Lipinski definition) is 1. The Hall–Kier alpha value is 0.0951. The summed E-state index contributed by atoms with van der Waals surface area (Å²) in [5, 5.41) is 13.6. The topological polar surface area (TPSA) is 94.9 Å². The zero-order valence-corrected chi connectivity index (χ0v) is 8.42. The van der Waals surface area contributed by atoms with Gasteiger partial charge in [0, 0.05) is 27.7 Å². The average Bonchev–Trinajstić information content (AvgIpc) is 0.811. The predicted octanol–water partition coefficient (Wildman–Crippen LogP) is -1.17. The maximum atomic E-state index is 8.36. The van der Waals surface area contributed by atoms with Crippen LogP contribution in [0.2, 0.25) is 0 Å². The quantitative estimate of drug-likeness (QED) is 0.344. The molecule has 0 aromatic heterocycles. The van der Waals surface area contributed by atoms with Crippen LogP contribution in [0, 0.1) is 10.1 Å². The fourth-order valence-electron chi connectivity index (χ4n) is 0. The SMILES string of the molecule is O.O=[N+]([O-])O.[Hg]. The molecular weight excluding hydrogens is 279 g/mol. The standard InChI is InChI=1S/Hg.HNO3.H2O/c;2-1(3)4;/h;(H,2,3,4);1H2. The molecule has 0 saturated heterocycles. The zero-order chi connectivity index (χ0) is 3.58. The van der Waals surface area contributed by atoms with Crippen LogP contribution in [0.4, 0.5) is 0 Å². The van der Waals surface area contributed by atoms with Crippen LogP contribution in [-0.4, -0.2) is 15.8 Å². The Bertz CT molecular complexity index is 30.5. The molecule has 0 aliphatic heterocycles. The molecule has 0 amide bonds. The van der Waals surface area contributed by atoms with Crippen LogP contribution in [0.15, 0.2) is 0 Å². The number of rotatable bonds is 0. The summed E-state index contributed by atoms with van der Waals surface area (Å²) in [6.45, 7) is 0. The summed E-state index contributed by atoms with van der Waals surface area (Å²) in [6, 6.07) is 0. The van der Waals surface area contributed by atoms with Gasteiger partial charge in [-0.1, -0.05) is 0 Å². The summed E-state index contributed by atoms with van der Waals surface area (Å²) in [5.41, 5.74) is 0. The molecule has 6 heteroatoms. The van der Waals surface area contributed by atoms with Crippen molar-refractivity contribution < 1.29 is 43.4 Å². The van der Waals surface area contributed by atoms with Gasteiger partial charge in [0.25, 0.3) is 5.09 Å². The molecule has 3 N–H and O–H groups in total. The van der Waals surface area contributed by atoms with Crippen molar-refractivity contribution in [2.24, 2.45) is 0 Å². The van der Waals surface area contributed by atoms with E-state index in [4.69, 9.17) is 15.3 Å². The third-order valence-corrected chi connectivity index (χ3v) is 0. The third-order valence-electron chi connectivity index (χ3n) is 0. The molecule has 0 saturated carbocycles. The van der Waals surface area contributed by atoms with Gasteiger partial charge < -0.3 is 10.7 Å². The van der Waals surface area contributed by atoms with Crippen molar-refractivity contribution in [3.8, 4) is 0 Å². The third kappa shape index (κ3) is 4340. The van der Waals surface area contributed by atoms with Gasteiger partial charge in [0.2, 0.25) is 0 Å². The molecule has 0 spiro atoms. The molecular formula is H3HgNO4. The Morgan fingerprint density at radius 2 is 1.67 bits per heavy atom. The Morgan fingerprint density at radius 3 is 1.67 bits per heavy atom. The van der Waals surface area contributed by atoms with Gasteiger partial charge in [0.05, 0.1) is 0 Å². The van der Waals surface area contributed by atoms with Gasteiger partial charge in [-0.05, 0) is 0 Å². The van der Waals surface area contributed by atoms with Crippen molar-refractivity contribution in [1.29, 1.82) is 0 Å². The summed E-state index contributed by atoms with van der Waals surface area (Å²) in [4.78, 5) is 8.36. The molecule has 34 valence electrons. The molecule has 0 rings (SSSR count). The normalized spacial score (nSPS) is 4.00. The van der Waals surface area contributed by atoms with Crippen LogP contribution in [-0.2, 0) is 27.7 Å². The van der Waals surface area contributed by atoms with Gasteiger partial charge in [-0.15, -0.1) is 10.1 Å². The van der Waals surface area contributed by atoms with Crippen molar-refractivity contribution >= 4 is 0 Å². The van der Waals surface area contributed by atoms with Crippen molar-refractivity contribution in [2.45, 2.75) is 0 Å². The minimum atomic E-state index is -1.50. The van der Waals surface area contributed by atoms with E-state index in [2.05, 4.69) is 0 Å². The van der Waals surface area contributed by atoms with Crippen LogP contribution >= 0.6 is 0 Å². The van der Waals surface area contributed by atoms with Gasteiger partial charge in [-0.3, -0.25) is 0 Å². The zero-order valence-electron chi connectivity index (χ0n) is 2.92. The molecule has 0 fully saturated rings. The van der Waals surface area contributed by atoms with E-state index in [1.54, 1.807) is 0 Å². The first-order chi connectivity index (χ1) is 1.73. The van der Waals surface area contributed by atoms with E-state index in [-0.39, 0.29) is 33.1 Å². The van der Waals surface area contributed by atoms with Crippen molar-refractivity contribution in [3.05, 3.63) is 10.1 Å². The van der Waals surface area contributed by atoms with E-state index in [1.807, 2.05) is 0 Å². The summed E-state index contributed by atoms with van der Waals surface area (Å²) >= 11 is 0. The van der Waals surface area contributed by atoms with Crippen LogP contribution < -0.4 is 0 Å². The van der Waals surface area contributed by atoms with Gasteiger partial charge >= 0.3 is 0 Å². The summed E-state index contributed by atoms with van der Waals surface area (Å²) in [6.07, 6.45) is 0. The fraction of sp³-hybridized carbons (Fsp3) is 0. The Kier molecular flexibility index (Phi) is 24.6. The smallest absolute Gasteiger partial charge is 0.291 e. The second-order valence-corrected chi connectivity index (χ2v) is 0.238. The van der Waals surface area contributed by atoms with Gasteiger partial charge in [-0.2, -0.15) is 0 Å². The molecule has 6 heavy (non-hydrogen) atoms. The molecule has 0 aliphatic carbocycles. The molecule has 0 heterocycles. The average molecular weight is 282 g/mol. The van der Waals surface area contributed by atoms with Gasteiger partial charge in [0.15, 0.2) is 0 Å². The maximum Gasteiger partial charge on any atom is 0.291 e. The first-order valence-corrected chi connectivity index (χ1v) is 0.565. The first kappa shape index (κ1) is 16.5. The second kappa shape index (κ2) is 8.92. The Morgan fingerprint density at radius 1 is 1.67 bits per heavy atom. The second-order valence-electron chi connectivity index (χ2n) is 0.238. The molecule has 0 unspecified atom stereocenters. The van der Waals surface area contributed by atoms with Crippen LogP contribution in [0.5, 0.6) is 0 Å². The summed E-state index contributed by atoms with van der Waals surface area (Å²) in [5.74, 6) is 0. The van der Waals surface area contributed by atoms with E-state index >= 15 is 0 Å². The molecule has 0 radical (unpaired) electrons. The molecule has 0 atom stereocenters. The van der Waals surface area contributed by atoms with E-state index in [9.17, 15) is 0 Å².